The number of amides is 2. The number of hydrogen-bond acceptors (Lipinski definition) is 5. The quantitative estimate of drug-likeness (QED) is 0.597. The summed E-state index contributed by atoms with van der Waals surface area (Å²) in [5.74, 6) is -0.736. The third kappa shape index (κ3) is 5.06. The highest BCUT2D eigenvalue weighted by Crippen LogP contribution is 2.17. The average Bonchev–Trinajstić information content (AvgIpc) is 2.58. The summed E-state index contributed by atoms with van der Waals surface area (Å²) in [6.07, 6.45) is 0. The molecule has 0 aromatic heterocycles. The number of benzene rings is 2. The molecule has 9 heteroatoms. The molecule has 124 valence electrons. The van der Waals surface area contributed by atoms with Gasteiger partial charge in [0.15, 0.2) is 6.61 Å². The number of hydrogen-bond donors (Lipinski definition) is 2. The lowest BCUT2D eigenvalue weighted by Crippen LogP contribution is -2.43. The largest absolute Gasteiger partial charge is 0.484 e. The molecule has 0 aliphatic heterocycles. The number of nitrogens with zero attached hydrogens (tertiary/aromatic N) is 1. The molecule has 2 N–H and O–H groups in total. The molecule has 2 aromatic rings. The summed E-state index contributed by atoms with van der Waals surface area (Å²) in [6.45, 7) is -0.349. The zero-order valence-corrected chi connectivity index (χ0v) is 13.8. The van der Waals surface area contributed by atoms with Gasteiger partial charge in [0, 0.05) is 22.2 Å². The van der Waals surface area contributed by atoms with Crippen LogP contribution in [-0.2, 0) is 4.79 Å². The molecule has 24 heavy (non-hydrogen) atoms. The van der Waals surface area contributed by atoms with Crippen molar-refractivity contribution < 1.29 is 19.2 Å². The second-order valence-corrected chi connectivity index (χ2v) is 5.46. The second kappa shape index (κ2) is 8.06. The van der Waals surface area contributed by atoms with E-state index in [4.69, 9.17) is 4.74 Å². The third-order valence-corrected chi connectivity index (χ3v) is 3.37. The topological polar surface area (TPSA) is 111 Å². The van der Waals surface area contributed by atoms with E-state index < -0.39 is 16.7 Å². The Labute approximate surface area is 145 Å². The van der Waals surface area contributed by atoms with Gasteiger partial charge in [-0.2, -0.15) is 0 Å². The molecule has 2 aromatic carbocycles. The van der Waals surface area contributed by atoms with Gasteiger partial charge in [0.2, 0.25) is 0 Å². The Balaban J connectivity index is 1.77. The van der Waals surface area contributed by atoms with E-state index in [9.17, 15) is 19.7 Å². The summed E-state index contributed by atoms with van der Waals surface area (Å²) in [5, 5.41) is 10.5. The molecule has 0 radical (unpaired) electrons. The Bertz CT molecular complexity index is 747. The maximum atomic E-state index is 11.8. The van der Waals surface area contributed by atoms with Crippen LogP contribution in [0.3, 0.4) is 0 Å². The summed E-state index contributed by atoms with van der Waals surface area (Å²) >= 11 is 3.26. The molecule has 2 amide bonds. The Kier molecular flexibility index (Phi) is 5.85. The van der Waals surface area contributed by atoms with E-state index >= 15 is 0 Å². The highest BCUT2D eigenvalue weighted by molar-refractivity contribution is 9.10. The smallest absolute Gasteiger partial charge is 0.276 e. The van der Waals surface area contributed by atoms with E-state index in [1.54, 1.807) is 24.3 Å². The number of nitrogens with one attached hydrogen (secondary N) is 2. The lowest BCUT2D eigenvalue weighted by Gasteiger charge is -2.08. The molecule has 0 saturated carbocycles. The molecule has 0 bridgehead atoms. The molecule has 0 atom stereocenters. The fourth-order valence-corrected chi connectivity index (χ4v) is 1.91. The van der Waals surface area contributed by atoms with Crippen molar-refractivity contribution >= 4 is 33.4 Å². The molecule has 8 nitrogen and oxygen atoms in total. The van der Waals surface area contributed by atoms with Gasteiger partial charge in [0.05, 0.1) is 4.92 Å². The van der Waals surface area contributed by atoms with Gasteiger partial charge in [-0.15, -0.1) is 0 Å². The SMILES string of the molecule is O=C(COc1ccc([N+](=O)[O-])cc1)NNC(=O)c1ccc(Br)cc1. The van der Waals surface area contributed by atoms with Crippen LogP contribution in [-0.4, -0.2) is 23.3 Å². The number of ether oxygens (including phenoxy) is 1. The average molecular weight is 394 g/mol. The maximum absolute atomic E-state index is 11.8. The molecule has 0 unspecified atom stereocenters. The first-order chi connectivity index (χ1) is 11.5. The second-order valence-electron chi connectivity index (χ2n) is 4.55. The molecule has 2 rings (SSSR count). The summed E-state index contributed by atoms with van der Waals surface area (Å²) in [5.41, 5.74) is 4.78. The van der Waals surface area contributed by atoms with Crippen molar-refractivity contribution in [2.75, 3.05) is 6.61 Å². The lowest BCUT2D eigenvalue weighted by atomic mass is 10.2. The standard InChI is InChI=1S/C15H12BrN3O5/c16-11-3-1-10(2-4-11)15(21)18-17-14(20)9-24-13-7-5-12(6-8-13)19(22)23/h1-8H,9H2,(H,17,20)(H,18,21). The van der Waals surface area contributed by atoms with Crippen LogP contribution in [0.15, 0.2) is 53.0 Å². The van der Waals surface area contributed by atoms with E-state index in [0.717, 1.165) is 4.47 Å². The monoisotopic (exact) mass is 393 g/mol. The first kappa shape index (κ1) is 17.4. The van der Waals surface area contributed by atoms with Crippen molar-refractivity contribution in [1.82, 2.24) is 10.9 Å². The predicted octanol–water partition coefficient (Wildman–Crippen LogP) is 2.20. The molecule has 0 aliphatic carbocycles. The van der Waals surface area contributed by atoms with E-state index in [-0.39, 0.29) is 12.3 Å². The van der Waals surface area contributed by atoms with Crippen LogP contribution in [0.2, 0.25) is 0 Å². The fraction of sp³-hybridized carbons (Fsp3) is 0.0667. The summed E-state index contributed by atoms with van der Waals surface area (Å²) in [7, 11) is 0. The fourth-order valence-electron chi connectivity index (χ4n) is 1.65. The van der Waals surface area contributed by atoms with Gasteiger partial charge >= 0.3 is 0 Å². The van der Waals surface area contributed by atoms with E-state index in [1.165, 1.54) is 24.3 Å². The number of hydrazine groups is 1. The maximum Gasteiger partial charge on any atom is 0.276 e. The molecule has 0 fully saturated rings. The van der Waals surface area contributed by atoms with E-state index in [0.29, 0.717) is 11.3 Å². The minimum Gasteiger partial charge on any atom is -0.484 e. The minimum absolute atomic E-state index is 0.0754. The van der Waals surface area contributed by atoms with Crippen molar-refractivity contribution in [1.29, 1.82) is 0 Å². The minimum atomic E-state index is -0.571. The van der Waals surface area contributed by atoms with Gasteiger partial charge in [-0.3, -0.25) is 30.6 Å². The highest BCUT2D eigenvalue weighted by Gasteiger charge is 2.09. The number of carbonyl (C=O) groups is 2. The summed E-state index contributed by atoms with van der Waals surface area (Å²) < 4.78 is 6.00. The first-order valence-electron chi connectivity index (χ1n) is 6.68. The number of rotatable bonds is 5. The highest BCUT2D eigenvalue weighted by atomic mass is 79.9. The van der Waals surface area contributed by atoms with E-state index in [2.05, 4.69) is 26.8 Å². The molecular weight excluding hydrogens is 382 g/mol. The van der Waals surface area contributed by atoms with Gasteiger partial charge in [-0.05, 0) is 36.4 Å². The van der Waals surface area contributed by atoms with Crippen LogP contribution >= 0.6 is 15.9 Å². The van der Waals surface area contributed by atoms with Crippen LogP contribution in [0.4, 0.5) is 5.69 Å². The Morgan fingerprint density at radius 3 is 2.25 bits per heavy atom. The molecular formula is C15H12BrN3O5. The van der Waals surface area contributed by atoms with Gasteiger partial charge in [0.1, 0.15) is 5.75 Å². The van der Waals surface area contributed by atoms with Crippen molar-refractivity contribution in [3.05, 3.63) is 68.7 Å². The molecule has 0 spiro atoms. The Morgan fingerprint density at radius 1 is 1.04 bits per heavy atom. The number of carbonyl (C=O) groups excluding carboxylic acids is 2. The van der Waals surface area contributed by atoms with E-state index in [1.807, 2.05) is 0 Å². The first-order valence-corrected chi connectivity index (χ1v) is 7.47. The van der Waals surface area contributed by atoms with Crippen LogP contribution in [0, 0.1) is 10.1 Å². The molecule has 0 heterocycles. The van der Waals surface area contributed by atoms with Crippen molar-refractivity contribution in [3.63, 3.8) is 0 Å². The zero-order valence-electron chi connectivity index (χ0n) is 12.2. The van der Waals surface area contributed by atoms with Gasteiger partial charge in [0.25, 0.3) is 17.5 Å². The summed E-state index contributed by atoms with van der Waals surface area (Å²) in [4.78, 5) is 33.4. The van der Waals surface area contributed by atoms with Crippen LogP contribution < -0.4 is 15.6 Å². The predicted molar refractivity (Wildman–Crippen MR) is 88.3 cm³/mol. The number of non-ortho nitro benzene ring substituents is 1. The molecule has 0 aliphatic rings. The molecule has 0 saturated heterocycles. The van der Waals surface area contributed by atoms with Gasteiger partial charge in [-0.25, -0.2) is 0 Å². The van der Waals surface area contributed by atoms with Crippen LogP contribution in [0.25, 0.3) is 0 Å². The number of nitro benzene ring substituents is 1. The third-order valence-electron chi connectivity index (χ3n) is 2.84. The zero-order chi connectivity index (χ0) is 17.5. The van der Waals surface area contributed by atoms with Crippen molar-refractivity contribution in [2.24, 2.45) is 0 Å². The van der Waals surface area contributed by atoms with Crippen LogP contribution in [0.5, 0.6) is 5.75 Å². The van der Waals surface area contributed by atoms with Gasteiger partial charge in [-0.1, -0.05) is 15.9 Å². The van der Waals surface area contributed by atoms with Crippen LogP contribution in [0.1, 0.15) is 10.4 Å². The van der Waals surface area contributed by atoms with Crippen molar-refractivity contribution in [2.45, 2.75) is 0 Å². The number of nitro groups is 1. The number of halogens is 1. The Hall–Kier alpha value is -2.94. The van der Waals surface area contributed by atoms with Crippen molar-refractivity contribution in [3.8, 4) is 5.75 Å². The van der Waals surface area contributed by atoms with Gasteiger partial charge < -0.3 is 4.74 Å². The summed E-state index contributed by atoms with van der Waals surface area (Å²) in [6, 6.07) is 11.9. The lowest BCUT2D eigenvalue weighted by molar-refractivity contribution is -0.384. The normalized spacial score (nSPS) is 9.88. The Morgan fingerprint density at radius 2 is 1.67 bits per heavy atom.